The molecule has 160 valence electrons. The molecular weight excluding hydrogens is 400 g/mol. The van der Waals surface area contributed by atoms with E-state index < -0.39 is 10.0 Å². The molecule has 0 spiro atoms. The van der Waals surface area contributed by atoms with E-state index in [9.17, 15) is 8.42 Å². The maximum Gasteiger partial charge on any atom is 0.240 e. The molecule has 2 aliphatic rings. The zero-order valence-electron chi connectivity index (χ0n) is 18.3. The van der Waals surface area contributed by atoms with Crippen LogP contribution in [0.2, 0.25) is 0 Å². The van der Waals surface area contributed by atoms with Gasteiger partial charge in [0, 0.05) is 23.1 Å². The second-order valence-electron chi connectivity index (χ2n) is 9.14. The Kier molecular flexibility index (Phi) is 4.74. The van der Waals surface area contributed by atoms with Crippen molar-refractivity contribution in [2.45, 2.75) is 56.6 Å². The molecule has 0 radical (unpaired) electrons. The molecule has 1 N–H and O–H groups in total. The fourth-order valence-corrected chi connectivity index (χ4v) is 5.13. The number of hydrogen-bond acceptors (Lipinski definition) is 5. The van der Waals surface area contributed by atoms with Crippen molar-refractivity contribution in [3.05, 3.63) is 52.6 Å². The Morgan fingerprint density at radius 1 is 1.13 bits per heavy atom. The number of benzene rings is 2. The Labute approximate surface area is 178 Å². The maximum absolute atomic E-state index is 12.4. The van der Waals surface area contributed by atoms with Gasteiger partial charge in [-0.2, -0.15) is 0 Å². The van der Waals surface area contributed by atoms with Crippen LogP contribution in [0.4, 0.5) is 0 Å². The van der Waals surface area contributed by atoms with Gasteiger partial charge < -0.3 is 9.47 Å². The zero-order valence-corrected chi connectivity index (χ0v) is 19.1. The molecule has 0 saturated heterocycles. The summed E-state index contributed by atoms with van der Waals surface area (Å²) in [5.74, 6) is 1.49. The predicted molar refractivity (Wildman–Crippen MR) is 118 cm³/mol. The van der Waals surface area contributed by atoms with Crippen LogP contribution in [0.15, 0.2) is 40.2 Å². The van der Waals surface area contributed by atoms with Gasteiger partial charge in [0.25, 0.3) is 0 Å². The van der Waals surface area contributed by atoms with Gasteiger partial charge in [-0.15, -0.1) is 0 Å². The summed E-state index contributed by atoms with van der Waals surface area (Å²) in [4.78, 5) is 5.28. The van der Waals surface area contributed by atoms with Crippen LogP contribution >= 0.6 is 0 Å². The molecule has 0 unspecified atom stereocenters. The molecule has 2 aromatic rings. The van der Waals surface area contributed by atoms with Crippen LogP contribution in [0, 0.1) is 0 Å². The number of aliphatic imine (C=N–C) groups is 1. The summed E-state index contributed by atoms with van der Waals surface area (Å²) in [5.41, 5.74) is 4.16. The lowest BCUT2D eigenvalue weighted by atomic mass is 9.81. The molecule has 0 saturated carbocycles. The number of sulfonamides is 1. The van der Waals surface area contributed by atoms with Crippen molar-refractivity contribution in [3.8, 4) is 11.5 Å². The molecule has 2 heterocycles. The van der Waals surface area contributed by atoms with Crippen LogP contribution in [0.5, 0.6) is 11.5 Å². The summed E-state index contributed by atoms with van der Waals surface area (Å²) in [6, 6.07) is 8.99. The van der Waals surface area contributed by atoms with E-state index in [-0.39, 0.29) is 16.0 Å². The van der Waals surface area contributed by atoms with Gasteiger partial charge in [0.15, 0.2) is 11.5 Å². The third-order valence-electron chi connectivity index (χ3n) is 5.59. The van der Waals surface area contributed by atoms with Crippen LogP contribution in [0.1, 0.15) is 49.9 Å². The van der Waals surface area contributed by atoms with Crippen molar-refractivity contribution in [1.82, 2.24) is 4.72 Å². The van der Waals surface area contributed by atoms with E-state index in [1.165, 1.54) is 7.05 Å². The minimum Gasteiger partial charge on any atom is -0.493 e. The van der Waals surface area contributed by atoms with Crippen LogP contribution < -0.4 is 14.2 Å². The summed E-state index contributed by atoms with van der Waals surface area (Å²) in [5, 5.41) is 0. The first-order chi connectivity index (χ1) is 14.0. The van der Waals surface area contributed by atoms with E-state index in [0.29, 0.717) is 0 Å². The lowest BCUT2D eigenvalue weighted by Gasteiger charge is -2.31. The van der Waals surface area contributed by atoms with E-state index in [1.54, 1.807) is 25.3 Å². The minimum absolute atomic E-state index is 0.219. The molecule has 0 atom stereocenters. The zero-order chi connectivity index (χ0) is 21.9. The third kappa shape index (κ3) is 3.50. The highest BCUT2D eigenvalue weighted by molar-refractivity contribution is 7.89. The Bertz CT molecular complexity index is 1160. The first-order valence-corrected chi connectivity index (χ1v) is 11.5. The van der Waals surface area contributed by atoms with Gasteiger partial charge in [-0.1, -0.05) is 12.1 Å². The smallest absolute Gasteiger partial charge is 0.240 e. The number of rotatable bonds is 4. The van der Waals surface area contributed by atoms with Crippen molar-refractivity contribution in [2.75, 3.05) is 14.2 Å². The van der Waals surface area contributed by atoms with Gasteiger partial charge in [0.2, 0.25) is 10.0 Å². The molecule has 0 fully saturated rings. The van der Waals surface area contributed by atoms with Crippen LogP contribution in [-0.4, -0.2) is 39.4 Å². The SMILES string of the molecule is CNS(=O)(=O)c1cccc(C2=NC(C)(C)Cc3cc(OC)c4c(c32)CC(C)(C)O4)c1. The highest BCUT2D eigenvalue weighted by atomic mass is 32.2. The van der Waals surface area contributed by atoms with E-state index in [0.717, 1.165) is 52.3 Å². The standard InChI is InChI=1S/C23H28N2O4S/c1-22(2)12-15-11-18(28-6)21-17(13-23(3,4)29-21)19(15)20(25-22)14-8-7-9-16(10-14)30(26,27)24-5/h7-11,24H,12-13H2,1-6H3. The average Bonchev–Trinajstić information content (AvgIpc) is 3.00. The van der Waals surface area contributed by atoms with Gasteiger partial charge in [0.05, 0.1) is 23.3 Å². The first-order valence-electron chi connectivity index (χ1n) is 10.0. The summed E-state index contributed by atoms with van der Waals surface area (Å²) in [6.07, 6.45) is 1.50. The third-order valence-corrected chi connectivity index (χ3v) is 7.00. The van der Waals surface area contributed by atoms with E-state index >= 15 is 0 Å². The molecule has 2 aliphatic heterocycles. The molecule has 2 aromatic carbocycles. The van der Waals surface area contributed by atoms with E-state index in [2.05, 4.69) is 32.4 Å². The molecule has 0 aliphatic carbocycles. The fraction of sp³-hybridized carbons (Fsp3) is 0.435. The Morgan fingerprint density at radius 2 is 1.87 bits per heavy atom. The number of fused-ring (bicyclic) bond motifs is 3. The van der Waals surface area contributed by atoms with Crippen molar-refractivity contribution < 1.29 is 17.9 Å². The number of nitrogens with zero attached hydrogens (tertiary/aromatic N) is 1. The van der Waals surface area contributed by atoms with Crippen molar-refractivity contribution >= 4 is 15.7 Å². The Balaban J connectivity index is 1.97. The normalized spacial score (nSPS) is 18.8. The quantitative estimate of drug-likeness (QED) is 0.809. The molecule has 0 bridgehead atoms. The highest BCUT2D eigenvalue weighted by Crippen LogP contribution is 2.47. The lowest BCUT2D eigenvalue weighted by Crippen LogP contribution is -2.31. The summed E-state index contributed by atoms with van der Waals surface area (Å²) in [6.45, 7) is 8.29. The van der Waals surface area contributed by atoms with E-state index in [4.69, 9.17) is 14.5 Å². The second-order valence-corrected chi connectivity index (χ2v) is 11.0. The molecule has 30 heavy (non-hydrogen) atoms. The topological polar surface area (TPSA) is 77.0 Å². The number of nitrogens with one attached hydrogen (secondary N) is 1. The second kappa shape index (κ2) is 6.82. The van der Waals surface area contributed by atoms with Gasteiger partial charge in [-0.3, -0.25) is 4.99 Å². The summed E-state index contributed by atoms with van der Waals surface area (Å²) >= 11 is 0. The van der Waals surface area contributed by atoms with Crippen molar-refractivity contribution in [1.29, 1.82) is 0 Å². The molecule has 7 heteroatoms. The van der Waals surface area contributed by atoms with Gasteiger partial charge in [-0.25, -0.2) is 13.1 Å². The molecular formula is C23H28N2O4S. The molecule has 4 rings (SSSR count). The Hall–Kier alpha value is -2.38. The molecule has 0 aromatic heterocycles. The fourth-order valence-electron chi connectivity index (χ4n) is 4.36. The first kappa shape index (κ1) is 20.9. The van der Waals surface area contributed by atoms with Crippen molar-refractivity contribution in [2.24, 2.45) is 4.99 Å². The molecule has 6 nitrogen and oxygen atoms in total. The monoisotopic (exact) mass is 428 g/mol. The lowest BCUT2D eigenvalue weighted by molar-refractivity contribution is 0.134. The summed E-state index contributed by atoms with van der Waals surface area (Å²) < 4.78 is 39.0. The minimum atomic E-state index is -3.56. The molecule has 0 amide bonds. The maximum atomic E-state index is 12.4. The van der Waals surface area contributed by atoms with Crippen LogP contribution in [0.25, 0.3) is 0 Å². The van der Waals surface area contributed by atoms with Gasteiger partial charge in [-0.05, 0) is 64.9 Å². The van der Waals surface area contributed by atoms with E-state index in [1.807, 2.05) is 12.1 Å². The number of ether oxygens (including phenoxy) is 2. The number of methoxy groups -OCH3 is 1. The highest BCUT2D eigenvalue weighted by Gasteiger charge is 2.39. The Morgan fingerprint density at radius 3 is 2.53 bits per heavy atom. The summed E-state index contributed by atoms with van der Waals surface area (Å²) in [7, 11) is -0.484. The van der Waals surface area contributed by atoms with Crippen LogP contribution in [-0.2, 0) is 22.9 Å². The number of hydrogen-bond donors (Lipinski definition) is 1. The van der Waals surface area contributed by atoms with Gasteiger partial charge >= 0.3 is 0 Å². The largest absolute Gasteiger partial charge is 0.493 e. The van der Waals surface area contributed by atoms with Gasteiger partial charge in [0.1, 0.15) is 5.60 Å². The average molecular weight is 429 g/mol. The van der Waals surface area contributed by atoms with Crippen LogP contribution in [0.3, 0.4) is 0 Å². The predicted octanol–water partition coefficient (Wildman–Crippen LogP) is 3.49. The van der Waals surface area contributed by atoms with Crippen molar-refractivity contribution in [3.63, 3.8) is 0 Å².